The molecule has 34 heavy (non-hydrogen) atoms. The molecule has 0 N–H and O–H groups in total. The highest BCUT2D eigenvalue weighted by Gasteiger charge is 2.17. The van der Waals surface area contributed by atoms with Gasteiger partial charge in [-0.3, -0.25) is 4.79 Å². The zero-order valence-corrected chi connectivity index (χ0v) is 19.3. The maximum Gasteiger partial charge on any atom is 0.200 e. The lowest BCUT2D eigenvalue weighted by molar-refractivity contribution is -0.0175. The van der Waals surface area contributed by atoms with Crippen molar-refractivity contribution in [2.24, 2.45) is 0 Å². The number of methoxy groups -OCH3 is 2. The summed E-state index contributed by atoms with van der Waals surface area (Å²) in [5.74, 6) is 2.39. The van der Waals surface area contributed by atoms with Gasteiger partial charge in [0.2, 0.25) is 0 Å². The molecule has 7 nitrogen and oxygen atoms in total. The molecule has 0 radical (unpaired) electrons. The average molecular weight is 481 g/mol. The van der Waals surface area contributed by atoms with E-state index in [0.29, 0.717) is 51.0 Å². The van der Waals surface area contributed by atoms with Crippen molar-refractivity contribution in [3.05, 3.63) is 81.2 Å². The normalized spacial score (nSPS) is 12.7. The number of hydrogen-bond donors (Lipinski definition) is 0. The summed E-state index contributed by atoms with van der Waals surface area (Å²) >= 11 is 6.23. The van der Waals surface area contributed by atoms with Crippen LogP contribution in [0, 0.1) is 0 Å². The number of fused-ring (bicyclic) bond motifs is 2. The number of rotatable bonds is 6. The SMILES string of the molecule is COc1ccc(-c2coc3cc(OCc4cc(Cl)cc5c4OCOC5)ccc3c2=O)cc1OC. The molecular weight excluding hydrogens is 460 g/mol. The quantitative estimate of drug-likeness (QED) is 0.356. The van der Waals surface area contributed by atoms with Gasteiger partial charge in [0.25, 0.3) is 0 Å². The minimum absolute atomic E-state index is 0.155. The summed E-state index contributed by atoms with van der Waals surface area (Å²) in [6.45, 7) is 0.861. The Hall–Kier alpha value is -3.68. The van der Waals surface area contributed by atoms with Gasteiger partial charge in [-0.05, 0) is 42.0 Å². The molecule has 3 aromatic carbocycles. The Labute approximate surface area is 200 Å². The number of benzene rings is 3. The van der Waals surface area contributed by atoms with E-state index in [4.69, 9.17) is 39.7 Å². The summed E-state index contributed by atoms with van der Waals surface area (Å²) < 4.78 is 33.3. The summed E-state index contributed by atoms with van der Waals surface area (Å²) in [5.41, 5.74) is 3.05. The first-order valence-corrected chi connectivity index (χ1v) is 10.9. The fourth-order valence-corrected chi connectivity index (χ4v) is 4.19. The summed E-state index contributed by atoms with van der Waals surface area (Å²) in [7, 11) is 3.11. The van der Waals surface area contributed by atoms with E-state index < -0.39 is 0 Å². The van der Waals surface area contributed by atoms with Crippen molar-refractivity contribution >= 4 is 22.6 Å². The van der Waals surface area contributed by atoms with Gasteiger partial charge in [-0.25, -0.2) is 0 Å². The van der Waals surface area contributed by atoms with Gasteiger partial charge in [-0.2, -0.15) is 0 Å². The Bertz CT molecular complexity index is 1430. The third-order valence-electron chi connectivity index (χ3n) is 5.59. The maximum absolute atomic E-state index is 13.2. The minimum atomic E-state index is -0.155. The molecule has 1 aromatic heterocycles. The maximum atomic E-state index is 13.2. The van der Waals surface area contributed by atoms with E-state index in [2.05, 4.69) is 0 Å². The minimum Gasteiger partial charge on any atom is -0.493 e. The molecule has 0 saturated carbocycles. The van der Waals surface area contributed by atoms with Crippen LogP contribution in [-0.2, 0) is 18.0 Å². The van der Waals surface area contributed by atoms with Crippen LogP contribution in [0.2, 0.25) is 5.02 Å². The molecule has 5 rings (SSSR count). The number of halogens is 1. The summed E-state index contributed by atoms with van der Waals surface area (Å²) in [5, 5.41) is 1.03. The number of hydrogen-bond acceptors (Lipinski definition) is 7. The van der Waals surface area contributed by atoms with Gasteiger partial charge in [0.05, 0.1) is 31.8 Å². The fourth-order valence-electron chi connectivity index (χ4n) is 3.93. The Morgan fingerprint density at radius 2 is 1.85 bits per heavy atom. The molecular formula is C26H21ClO7. The second kappa shape index (κ2) is 9.29. The molecule has 1 aliphatic rings. The molecule has 0 amide bonds. The first kappa shape index (κ1) is 22.1. The van der Waals surface area contributed by atoms with E-state index in [1.165, 1.54) is 6.26 Å². The summed E-state index contributed by atoms with van der Waals surface area (Å²) in [4.78, 5) is 13.2. The molecule has 174 valence electrons. The lowest BCUT2D eigenvalue weighted by Crippen LogP contribution is -2.14. The van der Waals surface area contributed by atoms with Crippen LogP contribution in [0.5, 0.6) is 23.0 Å². The monoisotopic (exact) mass is 480 g/mol. The molecule has 0 saturated heterocycles. The predicted octanol–water partition coefficient (Wildman–Crippen LogP) is 5.58. The van der Waals surface area contributed by atoms with E-state index in [-0.39, 0.29) is 18.8 Å². The molecule has 0 aliphatic carbocycles. The van der Waals surface area contributed by atoms with Crippen molar-refractivity contribution in [2.45, 2.75) is 13.2 Å². The smallest absolute Gasteiger partial charge is 0.200 e. The van der Waals surface area contributed by atoms with Crippen molar-refractivity contribution in [1.82, 2.24) is 0 Å². The molecule has 4 aromatic rings. The largest absolute Gasteiger partial charge is 0.493 e. The van der Waals surface area contributed by atoms with Crippen LogP contribution in [0.4, 0.5) is 0 Å². The van der Waals surface area contributed by atoms with Gasteiger partial charge < -0.3 is 28.1 Å². The highest BCUT2D eigenvalue weighted by molar-refractivity contribution is 6.30. The highest BCUT2D eigenvalue weighted by Crippen LogP contribution is 2.34. The lowest BCUT2D eigenvalue weighted by atomic mass is 10.0. The van der Waals surface area contributed by atoms with Gasteiger partial charge in [0.15, 0.2) is 23.7 Å². The topological polar surface area (TPSA) is 76.4 Å². The van der Waals surface area contributed by atoms with Crippen LogP contribution >= 0.6 is 11.6 Å². The van der Waals surface area contributed by atoms with Crippen molar-refractivity contribution in [3.8, 4) is 34.1 Å². The van der Waals surface area contributed by atoms with Crippen LogP contribution < -0.4 is 24.4 Å². The molecule has 0 atom stereocenters. The number of ether oxygens (including phenoxy) is 5. The Kier molecular flexibility index (Phi) is 6.04. The van der Waals surface area contributed by atoms with Crippen LogP contribution in [0.25, 0.3) is 22.1 Å². The van der Waals surface area contributed by atoms with E-state index in [9.17, 15) is 4.79 Å². The van der Waals surface area contributed by atoms with Crippen molar-refractivity contribution in [2.75, 3.05) is 21.0 Å². The molecule has 8 heteroatoms. The third kappa shape index (κ3) is 4.16. The molecule has 0 spiro atoms. The molecule has 0 unspecified atom stereocenters. The van der Waals surface area contributed by atoms with Crippen molar-refractivity contribution in [1.29, 1.82) is 0 Å². The van der Waals surface area contributed by atoms with Gasteiger partial charge >= 0.3 is 0 Å². The van der Waals surface area contributed by atoms with Crippen LogP contribution in [-0.4, -0.2) is 21.0 Å². The molecule has 1 aliphatic heterocycles. The lowest BCUT2D eigenvalue weighted by Gasteiger charge is -2.21. The van der Waals surface area contributed by atoms with E-state index in [0.717, 1.165) is 16.9 Å². The second-order valence-electron chi connectivity index (χ2n) is 7.66. The van der Waals surface area contributed by atoms with Gasteiger partial charge in [0, 0.05) is 22.2 Å². The second-order valence-corrected chi connectivity index (χ2v) is 8.10. The average Bonchev–Trinajstić information content (AvgIpc) is 2.87. The predicted molar refractivity (Wildman–Crippen MR) is 127 cm³/mol. The Morgan fingerprint density at radius 1 is 1.00 bits per heavy atom. The van der Waals surface area contributed by atoms with E-state index >= 15 is 0 Å². The zero-order chi connectivity index (χ0) is 23.7. The Balaban J connectivity index is 1.42. The third-order valence-corrected chi connectivity index (χ3v) is 5.80. The summed E-state index contributed by atoms with van der Waals surface area (Å²) in [6, 6.07) is 14.0. The summed E-state index contributed by atoms with van der Waals surface area (Å²) in [6.07, 6.45) is 1.44. The van der Waals surface area contributed by atoms with Crippen LogP contribution in [0.1, 0.15) is 11.1 Å². The first-order valence-electron chi connectivity index (χ1n) is 10.5. The molecule has 0 bridgehead atoms. The standard InChI is InChI=1S/C26H21ClO7/c1-29-22-6-3-15(9-24(22)30-2)21-13-33-23-10-19(4-5-20(23)25(21)28)32-12-17-8-18(27)7-16-11-31-14-34-26(16)17/h3-10,13H,11-12,14H2,1-2H3. The zero-order valence-electron chi connectivity index (χ0n) is 18.6. The van der Waals surface area contributed by atoms with Gasteiger partial charge in [-0.1, -0.05) is 17.7 Å². The first-order chi connectivity index (χ1) is 16.6. The van der Waals surface area contributed by atoms with Crippen LogP contribution in [0.3, 0.4) is 0 Å². The van der Waals surface area contributed by atoms with E-state index in [1.807, 2.05) is 12.1 Å². The Morgan fingerprint density at radius 3 is 2.68 bits per heavy atom. The van der Waals surface area contributed by atoms with Crippen LogP contribution in [0.15, 0.2) is 64.0 Å². The fraction of sp³-hybridized carbons (Fsp3) is 0.192. The van der Waals surface area contributed by atoms with E-state index in [1.54, 1.807) is 50.6 Å². The highest BCUT2D eigenvalue weighted by atomic mass is 35.5. The molecule has 2 heterocycles. The van der Waals surface area contributed by atoms with Gasteiger partial charge in [-0.15, -0.1) is 0 Å². The molecule has 0 fully saturated rings. The van der Waals surface area contributed by atoms with Gasteiger partial charge in [0.1, 0.15) is 30.0 Å². The van der Waals surface area contributed by atoms with Crippen molar-refractivity contribution in [3.63, 3.8) is 0 Å². The van der Waals surface area contributed by atoms with Crippen molar-refractivity contribution < 1.29 is 28.1 Å².